The van der Waals surface area contributed by atoms with Crippen molar-refractivity contribution < 1.29 is 9.90 Å². The van der Waals surface area contributed by atoms with E-state index >= 15 is 0 Å². The summed E-state index contributed by atoms with van der Waals surface area (Å²) in [6.45, 7) is 2.08. The van der Waals surface area contributed by atoms with Crippen LogP contribution in [0.1, 0.15) is 17.2 Å². The quantitative estimate of drug-likeness (QED) is 0.680. The largest absolute Gasteiger partial charge is 0.387 e. The average molecular weight is 320 g/mol. The zero-order valence-corrected chi connectivity index (χ0v) is 13.5. The molecule has 0 aromatic heterocycles. The van der Waals surface area contributed by atoms with Crippen molar-refractivity contribution in [2.75, 3.05) is 11.9 Å². The lowest BCUT2D eigenvalue weighted by Gasteiger charge is -2.15. The maximum Gasteiger partial charge on any atom is 0.319 e. The molecule has 0 bridgehead atoms. The van der Waals surface area contributed by atoms with E-state index in [9.17, 15) is 9.90 Å². The van der Waals surface area contributed by atoms with Crippen molar-refractivity contribution in [3.8, 4) is 0 Å². The van der Waals surface area contributed by atoms with Gasteiger partial charge < -0.3 is 15.7 Å². The third kappa shape index (κ3) is 3.55. The lowest BCUT2D eigenvalue weighted by molar-refractivity contribution is 0.176. The molecule has 3 aromatic carbocycles. The maximum atomic E-state index is 12.0. The zero-order chi connectivity index (χ0) is 16.9. The number of anilines is 1. The molecular weight excluding hydrogens is 300 g/mol. The number of benzene rings is 3. The predicted molar refractivity (Wildman–Crippen MR) is 97.1 cm³/mol. The van der Waals surface area contributed by atoms with Gasteiger partial charge in [-0.25, -0.2) is 4.79 Å². The van der Waals surface area contributed by atoms with Gasteiger partial charge in [0.25, 0.3) is 0 Å². The van der Waals surface area contributed by atoms with Crippen LogP contribution in [0.2, 0.25) is 0 Å². The highest BCUT2D eigenvalue weighted by molar-refractivity contribution is 5.90. The van der Waals surface area contributed by atoms with Gasteiger partial charge in [-0.15, -0.1) is 0 Å². The molecule has 0 heterocycles. The fraction of sp³-hybridized carbons (Fsp3) is 0.150. The van der Waals surface area contributed by atoms with Crippen LogP contribution >= 0.6 is 0 Å². The average Bonchev–Trinajstić information content (AvgIpc) is 2.61. The molecule has 3 N–H and O–H groups in total. The molecule has 0 saturated carbocycles. The Labute approximate surface area is 141 Å². The summed E-state index contributed by atoms with van der Waals surface area (Å²) in [5.74, 6) is 0. The van der Waals surface area contributed by atoms with Gasteiger partial charge >= 0.3 is 6.03 Å². The number of carbonyl (C=O) groups excluding carboxylic acids is 1. The van der Waals surface area contributed by atoms with Crippen LogP contribution in [-0.2, 0) is 0 Å². The van der Waals surface area contributed by atoms with E-state index < -0.39 is 6.10 Å². The van der Waals surface area contributed by atoms with E-state index in [-0.39, 0.29) is 12.6 Å². The number of carbonyl (C=O) groups is 1. The fourth-order valence-corrected chi connectivity index (χ4v) is 2.72. The number of aliphatic hydroxyl groups excluding tert-OH is 1. The van der Waals surface area contributed by atoms with Crippen molar-refractivity contribution in [1.82, 2.24) is 5.32 Å². The number of aryl methyl sites for hydroxylation is 1. The summed E-state index contributed by atoms with van der Waals surface area (Å²) in [6, 6.07) is 20.9. The smallest absolute Gasteiger partial charge is 0.319 e. The summed E-state index contributed by atoms with van der Waals surface area (Å²) in [5.41, 5.74) is 2.56. The highest BCUT2D eigenvalue weighted by Crippen LogP contribution is 2.23. The van der Waals surface area contributed by atoms with E-state index in [0.717, 1.165) is 27.6 Å². The van der Waals surface area contributed by atoms with Gasteiger partial charge in [-0.2, -0.15) is 0 Å². The topological polar surface area (TPSA) is 61.4 Å². The maximum absolute atomic E-state index is 12.0. The van der Waals surface area contributed by atoms with Crippen molar-refractivity contribution in [2.45, 2.75) is 13.0 Å². The van der Waals surface area contributed by atoms with Crippen LogP contribution in [0.3, 0.4) is 0 Å². The summed E-state index contributed by atoms with van der Waals surface area (Å²) in [6.07, 6.45) is -0.765. The summed E-state index contributed by atoms with van der Waals surface area (Å²) < 4.78 is 0. The lowest BCUT2D eigenvalue weighted by Crippen LogP contribution is -2.32. The van der Waals surface area contributed by atoms with Gasteiger partial charge in [-0.3, -0.25) is 0 Å². The number of hydrogen-bond acceptors (Lipinski definition) is 2. The Hall–Kier alpha value is -2.85. The van der Waals surface area contributed by atoms with Gasteiger partial charge in [0, 0.05) is 12.2 Å². The van der Waals surface area contributed by atoms with Crippen LogP contribution in [0, 0.1) is 6.92 Å². The second-order valence-electron chi connectivity index (χ2n) is 5.73. The minimum absolute atomic E-state index is 0.145. The molecule has 3 aromatic rings. The summed E-state index contributed by atoms with van der Waals surface area (Å²) in [5, 5.41) is 18.0. The molecule has 0 aliphatic carbocycles. The minimum Gasteiger partial charge on any atom is -0.387 e. The van der Waals surface area contributed by atoms with Gasteiger partial charge in [0.05, 0.1) is 6.10 Å². The molecular formula is C20H20N2O2. The van der Waals surface area contributed by atoms with E-state index in [0.29, 0.717) is 0 Å². The predicted octanol–water partition coefficient (Wildman–Crippen LogP) is 4.00. The first kappa shape index (κ1) is 16.0. The number of para-hydroxylation sites is 1. The van der Waals surface area contributed by atoms with Gasteiger partial charge in [-0.05, 0) is 34.9 Å². The van der Waals surface area contributed by atoms with E-state index in [1.807, 2.05) is 73.7 Å². The number of fused-ring (bicyclic) bond motifs is 1. The summed E-state index contributed by atoms with van der Waals surface area (Å²) in [4.78, 5) is 12.0. The molecule has 2 amide bonds. The van der Waals surface area contributed by atoms with Crippen LogP contribution in [0.15, 0.2) is 66.7 Å². The van der Waals surface area contributed by atoms with E-state index in [2.05, 4.69) is 10.6 Å². The van der Waals surface area contributed by atoms with E-state index in [4.69, 9.17) is 0 Å². The molecule has 122 valence electrons. The summed E-state index contributed by atoms with van der Waals surface area (Å²) in [7, 11) is 0. The molecule has 4 nitrogen and oxygen atoms in total. The first-order valence-electron chi connectivity index (χ1n) is 7.91. The fourth-order valence-electron chi connectivity index (χ4n) is 2.72. The molecule has 0 spiro atoms. The third-order valence-electron chi connectivity index (χ3n) is 4.03. The summed E-state index contributed by atoms with van der Waals surface area (Å²) >= 11 is 0. The van der Waals surface area contributed by atoms with Crippen LogP contribution < -0.4 is 10.6 Å². The minimum atomic E-state index is -0.765. The van der Waals surface area contributed by atoms with Crippen LogP contribution in [0.4, 0.5) is 10.5 Å². The molecule has 0 aliphatic heterocycles. The molecule has 0 fully saturated rings. The van der Waals surface area contributed by atoms with E-state index in [1.165, 1.54) is 0 Å². The molecule has 1 atom stereocenters. The number of hydrogen-bond donors (Lipinski definition) is 3. The van der Waals surface area contributed by atoms with Gasteiger partial charge in [0.15, 0.2) is 0 Å². The SMILES string of the molecule is Cc1ccccc1NC(=O)NC[C@H](O)c1cccc2ccccc12. The van der Waals surface area contributed by atoms with Crippen LogP contribution in [-0.4, -0.2) is 17.7 Å². The number of aliphatic hydroxyl groups is 1. The van der Waals surface area contributed by atoms with Gasteiger partial charge in [0.1, 0.15) is 0 Å². The first-order chi connectivity index (χ1) is 11.6. The van der Waals surface area contributed by atoms with Crippen LogP contribution in [0.5, 0.6) is 0 Å². The van der Waals surface area contributed by atoms with Crippen LogP contribution in [0.25, 0.3) is 10.8 Å². The number of urea groups is 1. The molecule has 0 aliphatic rings. The Kier molecular flexibility index (Phi) is 4.77. The highest BCUT2D eigenvalue weighted by Gasteiger charge is 2.12. The van der Waals surface area contributed by atoms with Crippen molar-refractivity contribution in [3.05, 3.63) is 77.9 Å². The standard InChI is InChI=1S/C20H20N2O2/c1-14-7-2-5-12-18(14)22-20(24)21-13-19(23)17-11-6-9-15-8-3-4-10-16(15)17/h2-12,19,23H,13H2,1H3,(H2,21,22,24)/t19-/m0/s1. The molecule has 24 heavy (non-hydrogen) atoms. The third-order valence-corrected chi connectivity index (χ3v) is 4.03. The number of nitrogens with one attached hydrogen (secondary N) is 2. The van der Waals surface area contributed by atoms with Gasteiger partial charge in [0.2, 0.25) is 0 Å². The Morgan fingerprint density at radius 3 is 2.54 bits per heavy atom. The van der Waals surface area contributed by atoms with Crippen molar-refractivity contribution >= 4 is 22.5 Å². The van der Waals surface area contributed by atoms with Crippen molar-refractivity contribution in [1.29, 1.82) is 0 Å². The first-order valence-corrected chi connectivity index (χ1v) is 7.91. The molecule has 4 heteroatoms. The molecule has 3 rings (SSSR count). The monoisotopic (exact) mass is 320 g/mol. The second-order valence-corrected chi connectivity index (χ2v) is 5.73. The molecule has 0 unspecified atom stereocenters. The number of rotatable bonds is 4. The zero-order valence-electron chi connectivity index (χ0n) is 13.5. The van der Waals surface area contributed by atoms with Crippen molar-refractivity contribution in [2.24, 2.45) is 0 Å². The van der Waals surface area contributed by atoms with Crippen molar-refractivity contribution in [3.63, 3.8) is 0 Å². The van der Waals surface area contributed by atoms with E-state index in [1.54, 1.807) is 0 Å². The number of amides is 2. The Morgan fingerprint density at radius 2 is 1.71 bits per heavy atom. The molecule has 0 radical (unpaired) electrons. The molecule has 0 saturated heterocycles. The second kappa shape index (κ2) is 7.15. The Balaban J connectivity index is 1.65. The van der Waals surface area contributed by atoms with Gasteiger partial charge in [-0.1, -0.05) is 60.7 Å². The lowest BCUT2D eigenvalue weighted by atomic mass is 10.0. The Morgan fingerprint density at radius 1 is 1.00 bits per heavy atom. The highest BCUT2D eigenvalue weighted by atomic mass is 16.3. The normalized spacial score (nSPS) is 11.9. The Bertz CT molecular complexity index is 856.